The van der Waals surface area contributed by atoms with E-state index in [1.165, 1.54) is 17.6 Å². The third-order valence-corrected chi connectivity index (χ3v) is 5.98. The van der Waals surface area contributed by atoms with Crippen molar-refractivity contribution in [2.24, 2.45) is 5.10 Å². The van der Waals surface area contributed by atoms with Gasteiger partial charge in [0, 0.05) is 15.5 Å². The van der Waals surface area contributed by atoms with Gasteiger partial charge in [-0.05, 0) is 83.7 Å². The molecule has 0 aliphatic carbocycles. The van der Waals surface area contributed by atoms with E-state index in [-0.39, 0.29) is 5.70 Å². The van der Waals surface area contributed by atoms with Crippen molar-refractivity contribution in [1.29, 1.82) is 0 Å². The number of benzene rings is 3. The lowest BCUT2D eigenvalue weighted by Gasteiger charge is -2.08. The third kappa shape index (κ3) is 7.47. The number of hydrogen-bond acceptors (Lipinski definition) is 6. The van der Waals surface area contributed by atoms with Gasteiger partial charge in [-0.1, -0.05) is 35.9 Å². The zero-order valence-corrected chi connectivity index (χ0v) is 20.8. The monoisotopic (exact) mass is 529 g/mol. The molecule has 2 amide bonds. The lowest BCUT2D eigenvalue weighted by atomic mass is 10.2. The number of hydrogen-bond donors (Lipinski definition) is 2. The van der Waals surface area contributed by atoms with Crippen molar-refractivity contribution in [3.05, 3.63) is 129 Å². The molecule has 184 valence electrons. The molecule has 0 aliphatic heterocycles. The Kier molecular flexibility index (Phi) is 8.59. The number of nitrogens with one attached hydrogen (secondary N) is 2. The van der Waals surface area contributed by atoms with E-state index in [9.17, 15) is 14.4 Å². The fourth-order valence-electron chi connectivity index (χ4n) is 3.06. The maximum atomic E-state index is 12.8. The van der Waals surface area contributed by atoms with Crippen LogP contribution >= 0.6 is 22.9 Å². The average Bonchev–Trinajstić information content (AvgIpc) is 3.43. The lowest BCUT2D eigenvalue weighted by Crippen LogP contribution is -2.32. The lowest BCUT2D eigenvalue weighted by molar-refractivity contribution is -0.117. The highest BCUT2D eigenvalue weighted by Crippen LogP contribution is 2.16. The molecule has 1 aromatic heterocycles. The van der Waals surface area contributed by atoms with Gasteiger partial charge in [0.1, 0.15) is 11.4 Å². The SMILES string of the molecule is O=C(N/N=C\c1ccc(OC(=O)c2ccc(Cl)cc2)cc1)/C(=C\c1cccs1)NC(=O)c1ccccc1. The molecule has 4 aromatic rings. The Bertz CT molecular complexity index is 1430. The van der Waals surface area contributed by atoms with Crippen LogP contribution < -0.4 is 15.5 Å². The van der Waals surface area contributed by atoms with E-state index >= 15 is 0 Å². The summed E-state index contributed by atoms with van der Waals surface area (Å²) in [6, 6.07) is 25.2. The molecule has 2 N–H and O–H groups in total. The van der Waals surface area contributed by atoms with Crippen LogP contribution in [0.4, 0.5) is 0 Å². The maximum Gasteiger partial charge on any atom is 0.343 e. The minimum atomic E-state index is -0.581. The normalized spacial score (nSPS) is 11.2. The number of carbonyl (C=O) groups excluding carboxylic acids is 3. The highest BCUT2D eigenvalue weighted by atomic mass is 35.5. The molecule has 0 saturated carbocycles. The molecular weight excluding hydrogens is 510 g/mol. The minimum Gasteiger partial charge on any atom is -0.423 e. The topological polar surface area (TPSA) is 96.9 Å². The van der Waals surface area contributed by atoms with Crippen LogP contribution in [0.15, 0.2) is 107 Å². The van der Waals surface area contributed by atoms with E-state index in [0.717, 1.165) is 4.88 Å². The van der Waals surface area contributed by atoms with E-state index in [1.54, 1.807) is 84.9 Å². The maximum absolute atomic E-state index is 12.8. The quantitative estimate of drug-likeness (QED) is 0.103. The molecular formula is C28H20ClN3O4S. The average molecular weight is 530 g/mol. The van der Waals surface area contributed by atoms with E-state index in [4.69, 9.17) is 16.3 Å². The fourth-order valence-corrected chi connectivity index (χ4v) is 3.84. The summed E-state index contributed by atoms with van der Waals surface area (Å²) >= 11 is 7.27. The number of esters is 1. The molecule has 0 unspecified atom stereocenters. The van der Waals surface area contributed by atoms with Gasteiger partial charge in [-0.25, -0.2) is 10.2 Å². The number of thiophene rings is 1. The molecule has 0 atom stereocenters. The Morgan fingerprint density at radius 1 is 0.838 bits per heavy atom. The van der Waals surface area contributed by atoms with Gasteiger partial charge < -0.3 is 10.1 Å². The first-order valence-electron chi connectivity index (χ1n) is 11.0. The number of ether oxygens (including phenoxy) is 1. The Morgan fingerprint density at radius 3 is 2.24 bits per heavy atom. The fraction of sp³-hybridized carbons (Fsp3) is 0. The van der Waals surface area contributed by atoms with Gasteiger partial charge in [0.2, 0.25) is 0 Å². The van der Waals surface area contributed by atoms with Gasteiger partial charge >= 0.3 is 5.97 Å². The van der Waals surface area contributed by atoms with Crippen molar-refractivity contribution in [3.8, 4) is 5.75 Å². The van der Waals surface area contributed by atoms with Crippen LogP contribution in [0.25, 0.3) is 6.08 Å². The van der Waals surface area contributed by atoms with Crippen LogP contribution in [0.3, 0.4) is 0 Å². The summed E-state index contributed by atoms with van der Waals surface area (Å²) in [7, 11) is 0. The number of halogens is 1. The van der Waals surface area contributed by atoms with Crippen LogP contribution in [0, 0.1) is 0 Å². The minimum absolute atomic E-state index is 0.0536. The summed E-state index contributed by atoms with van der Waals surface area (Å²) in [5.41, 5.74) is 3.94. The van der Waals surface area contributed by atoms with Gasteiger partial charge in [0.05, 0.1) is 11.8 Å². The number of amides is 2. The number of nitrogens with zero attached hydrogens (tertiary/aromatic N) is 1. The van der Waals surface area contributed by atoms with Crippen molar-refractivity contribution in [2.75, 3.05) is 0 Å². The van der Waals surface area contributed by atoms with E-state index < -0.39 is 17.8 Å². The van der Waals surface area contributed by atoms with Crippen molar-refractivity contribution in [1.82, 2.24) is 10.7 Å². The van der Waals surface area contributed by atoms with Crippen LogP contribution in [0.5, 0.6) is 5.75 Å². The van der Waals surface area contributed by atoms with Crippen LogP contribution in [0.2, 0.25) is 5.02 Å². The van der Waals surface area contributed by atoms with E-state index in [2.05, 4.69) is 15.8 Å². The molecule has 9 heteroatoms. The predicted molar refractivity (Wildman–Crippen MR) is 145 cm³/mol. The predicted octanol–water partition coefficient (Wildman–Crippen LogP) is 5.54. The first kappa shape index (κ1) is 25.6. The Balaban J connectivity index is 1.38. The summed E-state index contributed by atoms with van der Waals surface area (Å²) in [6.07, 6.45) is 3.02. The highest BCUT2D eigenvalue weighted by molar-refractivity contribution is 7.10. The molecule has 37 heavy (non-hydrogen) atoms. The Labute approximate surface area is 222 Å². The first-order valence-corrected chi connectivity index (χ1v) is 12.3. The van der Waals surface area contributed by atoms with Gasteiger partial charge in [0.15, 0.2) is 0 Å². The first-order chi connectivity index (χ1) is 18.0. The van der Waals surface area contributed by atoms with E-state index in [0.29, 0.717) is 27.5 Å². The van der Waals surface area contributed by atoms with Crippen LogP contribution in [-0.2, 0) is 4.79 Å². The van der Waals surface area contributed by atoms with Crippen molar-refractivity contribution in [3.63, 3.8) is 0 Å². The molecule has 0 fully saturated rings. The smallest absolute Gasteiger partial charge is 0.343 e. The van der Waals surface area contributed by atoms with Crippen molar-refractivity contribution in [2.45, 2.75) is 0 Å². The summed E-state index contributed by atoms with van der Waals surface area (Å²) < 4.78 is 5.35. The van der Waals surface area contributed by atoms with Crippen LogP contribution in [0.1, 0.15) is 31.2 Å². The number of hydrazone groups is 1. The molecule has 1 heterocycles. The molecule has 7 nitrogen and oxygen atoms in total. The molecule has 4 rings (SSSR count). The zero-order chi connectivity index (χ0) is 26.0. The van der Waals surface area contributed by atoms with Crippen molar-refractivity contribution < 1.29 is 19.1 Å². The Morgan fingerprint density at radius 2 is 1.57 bits per heavy atom. The largest absolute Gasteiger partial charge is 0.423 e. The molecule has 0 bridgehead atoms. The molecule has 0 aliphatic rings. The Hall–Kier alpha value is -4.53. The second-order valence-corrected chi connectivity index (χ2v) is 8.97. The summed E-state index contributed by atoms with van der Waals surface area (Å²) in [5, 5.41) is 9.03. The molecule has 0 radical (unpaired) electrons. The number of carbonyl (C=O) groups is 3. The van der Waals surface area contributed by atoms with E-state index in [1.807, 2.05) is 17.5 Å². The zero-order valence-electron chi connectivity index (χ0n) is 19.3. The second kappa shape index (κ2) is 12.4. The second-order valence-electron chi connectivity index (χ2n) is 7.56. The number of rotatable bonds is 8. The summed E-state index contributed by atoms with van der Waals surface area (Å²) in [6.45, 7) is 0. The molecule has 0 spiro atoms. The van der Waals surface area contributed by atoms with Crippen molar-refractivity contribution >= 4 is 53.0 Å². The van der Waals surface area contributed by atoms with Gasteiger partial charge in [0.25, 0.3) is 11.8 Å². The van der Waals surface area contributed by atoms with Gasteiger partial charge in [-0.15, -0.1) is 11.3 Å². The molecule has 3 aromatic carbocycles. The third-order valence-electron chi connectivity index (χ3n) is 4.91. The standard InChI is InChI=1S/C28H20ClN3O4S/c29-22-12-10-21(11-13-22)28(35)36-23-14-8-19(9-15-23)18-30-32-27(34)25(17-24-7-4-16-37-24)31-26(33)20-5-2-1-3-6-20/h1-18H,(H,31,33)(H,32,34)/b25-17+,30-18-. The highest BCUT2D eigenvalue weighted by Gasteiger charge is 2.14. The summed E-state index contributed by atoms with van der Waals surface area (Å²) in [4.78, 5) is 38.4. The molecule has 0 saturated heterocycles. The van der Waals surface area contributed by atoms with Gasteiger partial charge in [-0.2, -0.15) is 5.10 Å². The van der Waals surface area contributed by atoms with Gasteiger partial charge in [-0.3, -0.25) is 9.59 Å². The summed E-state index contributed by atoms with van der Waals surface area (Å²) in [5.74, 6) is -1.15. The van der Waals surface area contributed by atoms with Crippen LogP contribution in [-0.4, -0.2) is 24.0 Å².